The molecule has 2 unspecified atom stereocenters. The van der Waals surface area contributed by atoms with Crippen molar-refractivity contribution in [3.8, 4) is 0 Å². The van der Waals surface area contributed by atoms with E-state index in [4.69, 9.17) is 0 Å². The highest BCUT2D eigenvalue weighted by molar-refractivity contribution is 5.81. The number of aryl methyl sites for hydroxylation is 1. The Morgan fingerprint density at radius 3 is 3.00 bits per heavy atom. The fourth-order valence-corrected chi connectivity index (χ4v) is 2.88. The fraction of sp³-hybridized carbons (Fsp3) is 0.438. The van der Waals surface area contributed by atoms with Gasteiger partial charge in [0.1, 0.15) is 17.7 Å². The molecule has 1 saturated heterocycles. The van der Waals surface area contributed by atoms with Crippen molar-refractivity contribution < 1.29 is 14.0 Å². The third-order valence-corrected chi connectivity index (χ3v) is 4.20. The molecule has 8 nitrogen and oxygen atoms in total. The molecule has 0 spiro atoms. The molecule has 1 aromatic heterocycles. The molecule has 2 amide bonds. The van der Waals surface area contributed by atoms with Crippen LogP contribution < -0.4 is 10.6 Å². The second kappa shape index (κ2) is 7.37. The minimum absolute atomic E-state index is 0.00752. The highest BCUT2D eigenvalue weighted by Gasteiger charge is 2.27. The van der Waals surface area contributed by atoms with Gasteiger partial charge in [0, 0.05) is 31.8 Å². The van der Waals surface area contributed by atoms with Gasteiger partial charge in [-0.1, -0.05) is 12.1 Å². The summed E-state index contributed by atoms with van der Waals surface area (Å²) in [7, 11) is 0. The van der Waals surface area contributed by atoms with E-state index in [9.17, 15) is 14.0 Å². The van der Waals surface area contributed by atoms with Crippen LogP contribution >= 0.6 is 0 Å². The molecule has 0 aliphatic carbocycles. The highest BCUT2D eigenvalue weighted by Crippen LogP contribution is 2.16. The summed E-state index contributed by atoms with van der Waals surface area (Å²) < 4.78 is 14.9. The predicted octanol–water partition coefficient (Wildman–Crippen LogP) is 0.157. The van der Waals surface area contributed by atoms with E-state index in [1.165, 1.54) is 16.8 Å². The van der Waals surface area contributed by atoms with Crippen molar-refractivity contribution in [1.82, 2.24) is 30.8 Å². The Balaban J connectivity index is 1.73. The summed E-state index contributed by atoms with van der Waals surface area (Å²) >= 11 is 0. The number of hydrogen-bond donors (Lipinski definition) is 2. The number of benzene rings is 1. The first-order valence-corrected chi connectivity index (χ1v) is 8.06. The van der Waals surface area contributed by atoms with Crippen LogP contribution in [-0.2, 0) is 16.0 Å². The van der Waals surface area contributed by atoms with Gasteiger partial charge in [0.05, 0.1) is 0 Å². The van der Waals surface area contributed by atoms with Gasteiger partial charge in [0.25, 0.3) is 0 Å². The van der Waals surface area contributed by atoms with E-state index in [0.717, 1.165) is 0 Å². The Morgan fingerprint density at radius 1 is 1.52 bits per heavy atom. The van der Waals surface area contributed by atoms with Crippen molar-refractivity contribution in [1.29, 1.82) is 0 Å². The van der Waals surface area contributed by atoms with Crippen LogP contribution in [-0.4, -0.2) is 45.1 Å². The number of amides is 2. The van der Waals surface area contributed by atoms with Crippen LogP contribution in [0.2, 0.25) is 0 Å². The third-order valence-electron chi connectivity index (χ3n) is 4.20. The Kier molecular flexibility index (Phi) is 5.01. The Bertz CT molecular complexity index is 777. The van der Waals surface area contributed by atoms with Crippen LogP contribution in [0.25, 0.3) is 0 Å². The maximum absolute atomic E-state index is 13.4. The molecule has 25 heavy (non-hydrogen) atoms. The Morgan fingerprint density at radius 2 is 2.36 bits per heavy atom. The first-order chi connectivity index (χ1) is 12.0. The van der Waals surface area contributed by atoms with Gasteiger partial charge < -0.3 is 10.6 Å². The zero-order valence-electron chi connectivity index (χ0n) is 13.8. The average molecular weight is 346 g/mol. The molecule has 3 rings (SSSR count). The summed E-state index contributed by atoms with van der Waals surface area (Å²) in [5, 5.41) is 16.9. The van der Waals surface area contributed by atoms with E-state index < -0.39 is 6.04 Å². The van der Waals surface area contributed by atoms with Crippen molar-refractivity contribution >= 4 is 11.8 Å². The Hall–Kier alpha value is -2.84. The molecule has 0 saturated carbocycles. The smallest absolute Gasteiger partial charge is 0.245 e. The van der Waals surface area contributed by atoms with Gasteiger partial charge in [-0.25, -0.2) is 9.07 Å². The summed E-state index contributed by atoms with van der Waals surface area (Å²) in [4.78, 5) is 23.9. The van der Waals surface area contributed by atoms with Gasteiger partial charge in [-0.15, -0.1) is 5.10 Å². The van der Waals surface area contributed by atoms with E-state index in [1.54, 1.807) is 19.1 Å². The minimum atomic E-state index is -0.693. The number of aromatic nitrogens is 4. The van der Waals surface area contributed by atoms with Gasteiger partial charge in [-0.05, 0) is 35.0 Å². The van der Waals surface area contributed by atoms with Gasteiger partial charge in [-0.2, -0.15) is 0 Å². The summed E-state index contributed by atoms with van der Waals surface area (Å²) in [6.07, 6.45) is 0.663. The SMILES string of the molecule is Cc1nnnn1C(Cc1cccc(F)c1)C(=O)NCC1CNC(=O)C1. The highest BCUT2D eigenvalue weighted by atomic mass is 19.1. The van der Waals surface area contributed by atoms with E-state index >= 15 is 0 Å². The summed E-state index contributed by atoms with van der Waals surface area (Å²) in [6.45, 7) is 2.64. The maximum atomic E-state index is 13.4. The van der Waals surface area contributed by atoms with Gasteiger partial charge in [-0.3, -0.25) is 9.59 Å². The van der Waals surface area contributed by atoms with Crippen molar-refractivity contribution in [2.24, 2.45) is 5.92 Å². The van der Waals surface area contributed by atoms with E-state index in [1.807, 2.05) is 0 Å². The lowest BCUT2D eigenvalue weighted by atomic mass is 10.0. The normalized spacial score (nSPS) is 18.0. The number of tetrazole rings is 1. The largest absolute Gasteiger partial charge is 0.356 e. The quantitative estimate of drug-likeness (QED) is 0.776. The van der Waals surface area contributed by atoms with E-state index in [-0.39, 0.29) is 30.0 Å². The predicted molar refractivity (Wildman–Crippen MR) is 85.8 cm³/mol. The van der Waals surface area contributed by atoms with Crippen LogP contribution in [0.3, 0.4) is 0 Å². The number of rotatable bonds is 6. The first kappa shape index (κ1) is 17.0. The van der Waals surface area contributed by atoms with Gasteiger partial charge in [0.2, 0.25) is 11.8 Å². The molecular formula is C16H19FN6O2. The molecule has 2 atom stereocenters. The Labute approximate surface area is 143 Å². The second-order valence-corrected chi connectivity index (χ2v) is 6.14. The zero-order valence-corrected chi connectivity index (χ0v) is 13.8. The van der Waals surface area contributed by atoms with Crippen molar-refractivity contribution in [2.45, 2.75) is 25.8 Å². The molecule has 0 radical (unpaired) electrons. The van der Waals surface area contributed by atoms with Crippen LogP contribution in [0, 0.1) is 18.7 Å². The summed E-state index contributed by atoms with van der Waals surface area (Å²) in [5.41, 5.74) is 0.674. The molecule has 1 fully saturated rings. The average Bonchev–Trinajstić information content (AvgIpc) is 3.19. The number of nitrogens with one attached hydrogen (secondary N) is 2. The lowest BCUT2D eigenvalue weighted by Crippen LogP contribution is -2.38. The van der Waals surface area contributed by atoms with Crippen LogP contribution in [0.1, 0.15) is 23.9 Å². The lowest BCUT2D eigenvalue weighted by Gasteiger charge is -2.19. The van der Waals surface area contributed by atoms with Crippen molar-refractivity contribution in [3.63, 3.8) is 0 Å². The molecular weight excluding hydrogens is 327 g/mol. The molecule has 9 heteroatoms. The molecule has 1 aliphatic heterocycles. The van der Waals surface area contributed by atoms with Gasteiger partial charge >= 0.3 is 0 Å². The number of carbonyl (C=O) groups excluding carboxylic acids is 2. The molecule has 1 aliphatic rings. The number of carbonyl (C=O) groups is 2. The fourth-order valence-electron chi connectivity index (χ4n) is 2.88. The molecule has 132 valence electrons. The summed E-state index contributed by atoms with van der Waals surface area (Å²) in [6, 6.07) is 5.40. The maximum Gasteiger partial charge on any atom is 0.245 e. The lowest BCUT2D eigenvalue weighted by molar-refractivity contribution is -0.125. The third kappa shape index (κ3) is 4.17. The van der Waals surface area contributed by atoms with Crippen molar-refractivity contribution in [2.75, 3.05) is 13.1 Å². The molecule has 1 aromatic carbocycles. The van der Waals surface area contributed by atoms with Crippen LogP contribution in [0.5, 0.6) is 0 Å². The topological polar surface area (TPSA) is 102 Å². The number of halogens is 1. The minimum Gasteiger partial charge on any atom is -0.356 e. The van der Waals surface area contributed by atoms with Crippen LogP contribution in [0.15, 0.2) is 24.3 Å². The molecule has 2 aromatic rings. The molecule has 2 N–H and O–H groups in total. The second-order valence-electron chi connectivity index (χ2n) is 6.14. The molecule has 2 heterocycles. The first-order valence-electron chi connectivity index (χ1n) is 8.06. The zero-order chi connectivity index (χ0) is 17.8. The molecule has 0 bridgehead atoms. The van der Waals surface area contributed by atoms with Crippen molar-refractivity contribution in [3.05, 3.63) is 41.5 Å². The standard InChI is InChI=1S/C16H19FN6O2/c1-10-20-21-22-23(10)14(6-11-3-2-4-13(17)5-11)16(25)19-9-12-7-15(24)18-8-12/h2-5,12,14H,6-9H2,1H3,(H,18,24)(H,19,25). The monoisotopic (exact) mass is 346 g/mol. The number of nitrogens with zero attached hydrogens (tertiary/aromatic N) is 4. The number of hydrogen-bond acceptors (Lipinski definition) is 5. The van der Waals surface area contributed by atoms with Crippen LogP contribution in [0.4, 0.5) is 4.39 Å². The summed E-state index contributed by atoms with van der Waals surface area (Å²) in [5.74, 6) is -0.0676. The van der Waals surface area contributed by atoms with E-state index in [0.29, 0.717) is 30.9 Å². The van der Waals surface area contributed by atoms with E-state index in [2.05, 4.69) is 26.2 Å². The van der Waals surface area contributed by atoms with Gasteiger partial charge in [0.15, 0.2) is 0 Å².